The molecule has 0 bridgehead atoms. The first-order valence-electron chi connectivity index (χ1n) is 7.84. The van der Waals surface area contributed by atoms with Crippen molar-refractivity contribution < 1.29 is 4.79 Å². The highest BCUT2D eigenvalue weighted by molar-refractivity contribution is 5.79. The van der Waals surface area contributed by atoms with E-state index in [1.165, 1.54) is 11.1 Å². The number of hydrogen-bond donors (Lipinski definition) is 2. The molecule has 116 valence electrons. The Morgan fingerprint density at radius 3 is 2.43 bits per heavy atom. The van der Waals surface area contributed by atoms with Crippen molar-refractivity contribution in [2.24, 2.45) is 5.73 Å². The summed E-state index contributed by atoms with van der Waals surface area (Å²) in [5, 5.41) is 0. The van der Waals surface area contributed by atoms with Gasteiger partial charge in [0.1, 0.15) is 0 Å². The average Bonchev–Trinajstić information content (AvgIpc) is 2.44. The molecular formula is C17H27N3O. The molecule has 1 aromatic carbocycles. The Balaban J connectivity index is 2.07. The van der Waals surface area contributed by atoms with Crippen molar-refractivity contribution in [2.75, 3.05) is 18.8 Å². The van der Waals surface area contributed by atoms with Gasteiger partial charge in [0.15, 0.2) is 0 Å². The number of nitrogens with zero attached hydrogens (tertiary/aromatic N) is 1. The second kappa shape index (κ2) is 6.48. The fourth-order valence-corrected chi connectivity index (χ4v) is 3.46. The molecule has 0 aliphatic carbocycles. The summed E-state index contributed by atoms with van der Waals surface area (Å²) in [7, 11) is 0. The topological polar surface area (TPSA) is 72.4 Å². The van der Waals surface area contributed by atoms with Gasteiger partial charge in [0.25, 0.3) is 0 Å². The van der Waals surface area contributed by atoms with Gasteiger partial charge in [0, 0.05) is 5.69 Å². The maximum absolute atomic E-state index is 11.5. The summed E-state index contributed by atoms with van der Waals surface area (Å²) in [5.41, 5.74) is 16.2. The van der Waals surface area contributed by atoms with Crippen molar-refractivity contribution in [3.8, 4) is 0 Å². The van der Waals surface area contributed by atoms with Crippen LogP contribution < -0.4 is 11.5 Å². The largest absolute Gasteiger partial charge is 0.399 e. The van der Waals surface area contributed by atoms with Gasteiger partial charge >= 0.3 is 0 Å². The predicted octanol–water partition coefficient (Wildman–Crippen LogP) is 2.33. The van der Waals surface area contributed by atoms with Crippen molar-refractivity contribution in [1.82, 2.24) is 4.90 Å². The quantitative estimate of drug-likeness (QED) is 0.836. The van der Waals surface area contributed by atoms with Crippen LogP contribution in [0.5, 0.6) is 0 Å². The number of piperidine rings is 1. The van der Waals surface area contributed by atoms with Gasteiger partial charge in [-0.2, -0.15) is 0 Å². The van der Waals surface area contributed by atoms with Crippen LogP contribution in [0.15, 0.2) is 12.1 Å². The second-order valence-electron chi connectivity index (χ2n) is 6.20. The Morgan fingerprint density at radius 2 is 1.90 bits per heavy atom. The number of rotatable bonds is 4. The van der Waals surface area contributed by atoms with Crippen LogP contribution in [0, 0.1) is 13.8 Å². The average molecular weight is 289 g/mol. The monoisotopic (exact) mass is 289 g/mol. The Morgan fingerprint density at radius 1 is 1.29 bits per heavy atom. The number of amides is 1. The first-order valence-corrected chi connectivity index (χ1v) is 7.84. The van der Waals surface area contributed by atoms with E-state index in [-0.39, 0.29) is 11.9 Å². The number of nitrogen functional groups attached to an aromatic ring is 1. The molecule has 1 amide bonds. The fraction of sp³-hybridized carbons (Fsp3) is 0.588. The zero-order valence-corrected chi connectivity index (χ0v) is 13.4. The highest BCUT2D eigenvalue weighted by atomic mass is 16.1. The summed E-state index contributed by atoms with van der Waals surface area (Å²) in [4.78, 5) is 13.7. The molecule has 2 rings (SSSR count). The summed E-state index contributed by atoms with van der Waals surface area (Å²) in [6, 6.07) is 4.20. The van der Waals surface area contributed by atoms with Gasteiger partial charge in [-0.05, 0) is 74.9 Å². The summed E-state index contributed by atoms with van der Waals surface area (Å²) >= 11 is 0. The van der Waals surface area contributed by atoms with Gasteiger partial charge in [0.05, 0.1) is 6.04 Å². The number of carbonyl (C=O) groups excluding carboxylic acids is 1. The van der Waals surface area contributed by atoms with Gasteiger partial charge in [-0.3, -0.25) is 9.69 Å². The minimum absolute atomic E-state index is 0.111. The van der Waals surface area contributed by atoms with Gasteiger partial charge < -0.3 is 11.5 Å². The minimum Gasteiger partial charge on any atom is -0.399 e. The highest BCUT2D eigenvalue weighted by Gasteiger charge is 2.28. The molecule has 4 nitrogen and oxygen atoms in total. The van der Waals surface area contributed by atoms with Crippen LogP contribution >= 0.6 is 0 Å². The molecule has 1 aliphatic rings. The molecule has 1 unspecified atom stereocenters. The van der Waals surface area contributed by atoms with E-state index in [9.17, 15) is 4.79 Å². The smallest absolute Gasteiger partial charge is 0.234 e. The van der Waals surface area contributed by atoms with Gasteiger partial charge in [-0.15, -0.1) is 0 Å². The zero-order chi connectivity index (χ0) is 15.6. The minimum atomic E-state index is -0.199. The number of carbonyl (C=O) groups is 1. The number of nitrogens with two attached hydrogens (primary N) is 2. The van der Waals surface area contributed by atoms with E-state index >= 15 is 0 Å². The molecule has 1 saturated heterocycles. The molecule has 4 N–H and O–H groups in total. The van der Waals surface area contributed by atoms with E-state index in [1.54, 1.807) is 0 Å². The molecule has 0 radical (unpaired) electrons. The Bertz CT molecular complexity index is 519. The fourth-order valence-electron chi connectivity index (χ4n) is 3.46. The summed E-state index contributed by atoms with van der Waals surface area (Å²) in [6.45, 7) is 8.10. The SMILES string of the molecule is CCC(C(N)=O)N1CCC(c2cc(C)c(N)cc2C)CC1. The number of anilines is 1. The summed E-state index contributed by atoms with van der Waals surface area (Å²) in [6.07, 6.45) is 2.95. The van der Waals surface area contributed by atoms with Crippen LogP contribution in [-0.2, 0) is 4.79 Å². The molecule has 0 spiro atoms. The molecular weight excluding hydrogens is 262 g/mol. The summed E-state index contributed by atoms with van der Waals surface area (Å²) < 4.78 is 0. The van der Waals surface area contributed by atoms with Crippen LogP contribution in [0.25, 0.3) is 0 Å². The van der Waals surface area contributed by atoms with E-state index in [0.717, 1.165) is 43.6 Å². The number of likely N-dealkylation sites (tertiary alicyclic amines) is 1. The Labute approximate surface area is 127 Å². The number of hydrogen-bond acceptors (Lipinski definition) is 3. The molecule has 0 aromatic heterocycles. The maximum Gasteiger partial charge on any atom is 0.234 e. The lowest BCUT2D eigenvalue weighted by molar-refractivity contribution is -0.123. The van der Waals surface area contributed by atoms with E-state index in [1.807, 2.05) is 6.92 Å². The van der Waals surface area contributed by atoms with E-state index in [4.69, 9.17) is 11.5 Å². The maximum atomic E-state index is 11.5. The molecule has 21 heavy (non-hydrogen) atoms. The van der Waals surface area contributed by atoms with Crippen molar-refractivity contribution in [3.05, 3.63) is 28.8 Å². The molecule has 1 atom stereocenters. The molecule has 4 heteroatoms. The zero-order valence-electron chi connectivity index (χ0n) is 13.4. The Kier molecular flexibility index (Phi) is 4.88. The standard InChI is InChI=1S/C17H27N3O/c1-4-16(17(19)21)20-7-5-13(6-8-20)14-9-12(3)15(18)10-11(14)2/h9-10,13,16H,4-8,18H2,1-3H3,(H2,19,21). The van der Waals surface area contributed by atoms with E-state index in [0.29, 0.717) is 5.92 Å². The van der Waals surface area contributed by atoms with Crippen molar-refractivity contribution in [2.45, 2.75) is 52.0 Å². The molecule has 1 aromatic rings. The van der Waals surface area contributed by atoms with Crippen molar-refractivity contribution >= 4 is 11.6 Å². The van der Waals surface area contributed by atoms with Crippen LogP contribution in [0.2, 0.25) is 0 Å². The van der Waals surface area contributed by atoms with Crippen molar-refractivity contribution in [1.29, 1.82) is 0 Å². The predicted molar refractivity (Wildman–Crippen MR) is 87.1 cm³/mol. The van der Waals surface area contributed by atoms with Crippen molar-refractivity contribution in [3.63, 3.8) is 0 Å². The van der Waals surface area contributed by atoms with E-state index in [2.05, 4.69) is 30.9 Å². The highest BCUT2D eigenvalue weighted by Crippen LogP contribution is 2.33. The molecule has 0 saturated carbocycles. The molecule has 1 fully saturated rings. The van der Waals surface area contributed by atoms with Gasteiger partial charge in [-0.25, -0.2) is 0 Å². The lowest BCUT2D eigenvalue weighted by Crippen LogP contribution is -2.47. The Hall–Kier alpha value is -1.55. The van der Waals surface area contributed by atoms with E-state index < -0.39 is 0 Å². The van der Waals surface area contributed by atoms with Crippen LogP contribution in [-0.4, -0.2) is 29.9 Å². The first-order chi connectivity index (χ1) is 9.93. The second-order valence-corrected chi connectivity index (χ2v) is 6.20. The number of benzene rings is 1. The molecule has 1 heterocycles. The number of aryl methyl sites for hydroxylation is 2. The lowest BCUT2D eigenvalue weighted by Gasteiger charge is -2.36. The van der Waals surface area contributed by atoms with Gasteiger partial charge in [-0.1, -0.05) is 13.0 Å². The van der Waals surface area contributed by atoms with Crippen LogP contribution in [0.3, 0.4) is 0 Å². The molecule has 1 aliphatic heterocycles. The van der Waals surface area contributed by atoms with Crippen LogP contribution in [0.1, 0.15) is 48.8 Å². The summed E-state index contributed by atoms with van der Waals surface area (Å²) in [5.74, 6) is 0.362. The normalized spacial score (nSPS) is 18.6. The third-order valence-corrected chi connectivity index (χ3v) is 4.78. The third kappa shape index (κ3) is 3.38. The van der Waals surface area contributed by atoms with Gasteiger partial charge in [0.2, 0.25) is 5.91 Å². The first kappa shape index (κ1) is 15.8. The van der Waals surface area contributed by atoms with Crippen LogP contribution in [0.4, 0.5) is 5.69 Å². The third-order valence-electron chi connectivity index (χ3n) is 4.78. The number of primary amides is 1. The lowest BCUT2D eigenvalue weighted by atomic mass is 9.85.